The first-order valence-electron chi connectivity index (χ1n) is 3.70. The van der Waals surface area contributed by atoms with Crippen molar-refractivity contribution < 1.29 is 14.3 Å². The van der Waals surface area contributed by atoms with Gasteiger partial charge < -0.3 is 14.8 Å². The number of hydrogen-bond donors (Lipinski definition) is 1. The summed E-state index contributed by atoms with van der Waals surface area (Å²) in [6.45, 7) is 3.85. The molecule has 0 unspecified atom stereocenters. The second-order valence-electron chi connectivity index (χ2n) is 2.18. The molecule has 0 saturated carbocycles. The van der Waals surface area contributed by atoms with Gasteiger partial charge in [-0.2, -0.15) is 0 Å². The average molecular weight is 173 g/mol. The molecule has 4 nitrogen and oxygen atoms in total. The van der Waals surface area contributed by atoms with Gasteiger partial charge in [-0.05, 0) is 6.08 Å². The Kier molecular flexibility index (Phi) is 6.32. The van der Waals surface area contributed by atoms with E-state index in [1.807, 2.05) is 0 Å². The highest BCUT2D eigenvalue weighted by molar-refractivity contribution is 5.86. The molecule has 0 bridgehead atoms. The Bertz CT molecular complexity index is 143. The molecule has 0 aromatic carbocycles. The van der Waals surface area contributed by atoms with Crippen LogP contribution in [-0.2, 0) is 14.3 Å². The van der Waals surface area contributed by atoms with Crippen molar-refractivity contribution in [2.24, 2.45) is 0 Å². The molecule has 4 heteroatoms. The van der Waals surface area contributed by atoms with Crippen molar-refractivity contribution in [3.8, 4) is 0 Å². The van der Waals surface area contributed by atoms with Crippen LogP contribution in [-0.4, -0.2) is 33.0 Å². The maximum atomic E-state index is 10.7. The molecule has 0 aliphatic heterocycles. The Morgan fingerprint density at radius 1 is 1.58 bits per heavy atom. The Morgan fingerprint density at radius 3 is 2.58 bits per heavy atom. The number of hydrogen-bond acceptors (Lipinski definition) is 3. The molecule has 0 aromatic heterocycles. The highest BCUT2D eigenvalue weighted by atomic mass is 16.7. The van der Waals surface area contributed by atoms with Crippen molar-refractivity contribution in [1.82, 2.24) is 5.32 Å². The molecule has 1 N–H and O–H groups in total. The van der Waals surface area contributed by atoms with E-state index in [1.54, 1.807) is 14.2 Å². The summed E-state index contributed by atoms with van der Waals surface area (Å²) in [5, 5.41) is 2.61. The topological polar surface area (TPSA) is 47.6 Å². The lowest BCUT2D eigenvalue weighted by molar-refractivity contribution is -0.118. The van der Waals surface area contributed by atoms with Crippen LogP contribution in [0.25, 0.3) is 0 Å². The van der Waals surface area contributed by atoms with Gasteiger partial charge in [0.25, 0.3) is 0 Å². The maximum absolute atomic E-state index is 10.7. The highest BCUT2D eigenvalue weighted by Crippen LogP contribution is 1.95. The zero-order valence-electron chi connectivity index (χ0n) is 7.50. The van der Waals surface area contributed by atoms with Crippen LogP contribution in [0.15, 0.2) is 12.7 Å². The van der Waals surface area contributed by atoms with Crippen molar-refractivity contribution in [2.75, 3.05) is 20.8 Å². The van der Waals surface area contributed by atoms with Gasteiger partial charge in [0, 0.05) is 27.2 Å². The zero-order chi connectivity index (χ0) is 9.40. The summed E-state index contributed by atoms with van der Waals surface area (Å²) in [6, 6.07) is 0. The third-order valence-corrected chi connectivity index (χ3v) is 1.39. The van der Waals surface area contributed by atoms with Gasteiger partial charge >= 0.3 is 0 Å². The molecule has 0 atom stereocenters. The van der Waals surface area contributed by atoms with E-state index in [-0.39, 0.29) is 12.2 Å². The normalized spacial score (nSPS) is 9.92. The van der Waals surface area contributed by atoms with E-state index in [1.165, 1.54) is 6.08 Å². The Morgan fingerprint density at radius 2 is 2.17 bits per heavy atom. The molecular weight excluding hydrogens is 158 g/mol. The number of nitrogens with one attached hydrogen (secondary N) is 1. The van der Waals surface area contributed by atoms with Crippen LogP contribution < -0.4 is 5.32 Å². The summed E-state index contributed by atoms with van der Waals surface area (Å²) >= 11 is 0. The maximum Gasteiger partial charge on any atom is 0.243 e. The fourth-order valence-corrected chi connectivity index (χ4v) is 0.717. The van der Waals surface area contributed by atoms with Gasteiger partial charge in [-0.25, -0.2) is 0 Å². The van der Waals surface area contributed by atoms with Crippen molar-refractivity contribution >= 4 is 5.91 Å². The number of rotatable bonds is 6. The summed E-state index contributed by atoms with van der Waals surface area (Å²) in [7, 11) is 3.12. The lowest BCUT2D eigenvalue weighted by atomic mass is 10.4. The van der Waals surface area contributed by atoms with Gasteiger partial charge in [0.2, 0.25) is 5.91 Å². The van der Waals surface area contributed by atoms with Gasteiger partial charge in [0.05, 0.1) is 0 Å². The van der Waals surface area contributed by atoms with Gasteiger partial charge in [-0.3, -0.25) is 4.79 Å². The molecule has 0 radical (unpaired) electrons. The van der Waals surface area contributed by atoms with Crippen LogP contribution in [0.2, 0.25) is 0 Å². The summed E-state index contributed by atoms with van der Waals surface area (Å²) in [5.74, 6) is -0.180. The Hall–Kier alpha value is -0.870. The second kappa shape index (κ2) is 6.82. The van der Waals surface area contributed by atoms with Crippen LogP contribution in [0.1, 0.15) is 6.42 Å². The number of methoxy groups -OCH3 is 2. The van der Waals surface area contributed by atoms with Gasteiger partial charge in [-0.15, -0.1) is 0 Å². The zero-order valence-corrected chi connectivity index (χ0v) is 7.50. The first kappa shape index (κ1) is 11.1. The molecule has 70 valence electrons. The van der Waals surface area contributed by atoms with Crippen molar-refractivity contribution in [3.05, 3.63) is 12.7 Å². The quantitative estimate of drug-likeness (QED) is 0.464. The Balaban J connectivity index is 3.40. The third kappa shape index (κ3) is 4.87. The average Bonchev–Trinajstić information content (AvgIpc) is 2.12. The van der Waals surface area contributed by atoms with Crippen LogP contribution in [0.5, 0.6) is 0 Å². The van der Waals surface area contributed by atoms with E-state index >= 15 is 0 Å². The Labute approximate surface area is 72.5 Å². The second-order valence-corrected chi connectivity index (χ2v) is 2.18. The molecule has 12 heavy (non-hydrogen) atoms. The molecule has 0 fully saturated rings. The fourth-order valence-electron chi connectivity index (χ4n) is 0.717. The number of ether oxygens (including phenoxy) is 2. The van der Waals surface area contributed by atoms with E-state index in [2.05, 4.69) is 11.9 Å². The van der Waals surface area contributed by atoms with Gasteiger partial charge in [-0.1, -0.05) is 6.58 Å². The largest absolute Gasteiger partial charge is 0.356 e. The van der Waals surface area contributed by atoms with Crippen molar-refractivity contribution in [1.29, 1.82) is 0 Å². The van der Waals surface area contributed by atoms with Crippen molar-refractivity contribution in [2.45, 2.75) is 12.7 Å². The van der Waals surface area contributed by atoms with Crippen molar-refractivity contribution in [3.63, 3.8) is 0 Å². The molecule has 0 aliphatic rings. The summed E-state index contributed by atoms with van der Waals surface area (Å²) in [4.78, 5) is 10.7. The molecule has 0 aromatic rings. The SMILES string of the molecule is C=CC(=O)NCCC(OC)OC. The van der Waals surface area contributed by atoms with Gasteiger partial charge in [0.1, 0.15) is 0 Å². The predicted octanol–water partition coefficient (Wildman–Crippen LogP) is 0.298. The molecular formula is C8H15NO3. The summed E-state index contributed by atoms with van der Waals surface area (Å²) in [6.07, 6.45) is 1.61. The molecule has 0 saturated heterocycles. The fraction of sp³-hybridized carbons (Fsp3) is 0.625. The van der Waals surface area contributed by atoms with E-state index < -0.39 is 0 Å². The lowest BCUT2D eigenvalue weighted by Crippen LogP contribution is -2.26. The minimum Gasteiger partial charge on any atom is -0.356 e. The highest BCUT2D eigenvalue weighted by Gasteiger charge is 2.03. The standard InChI is InChI=1S/C8H15NO3/c1-4-7(10)9-6-5-8(11-2)12-3/h4,8H,1,5-6H2,2-3H3,(H,9,10). The van der Waals surface area contributed by atoms with E-state index in [4.69, 9.17) is 9.47 Å². The number of carbonyl (C=O) groups is 1. The number of amides is 1. The minimum atomic E-state index is -0.255. The van der Waals surface area contributed by atoms with Crippen LogP contribution in [0.4, 0.5) is 0 Å². The smallest absolute Gasteiger partial charge is 0.243 e. The predicted molar refractivity (Wildman–Crippen MR) is 45.6 cm³/mol. The van der Waals surface area contributed by atoms with E-state index in [9.17, 15) is 4.79 Å². The molecule has 0 spiro atoms. The first-order valence-corrected chi connectivity index (χ1v) is 3.70. The molecule has 0 rings (SSSR count). The first-order chi connectivity index (χ1) is 5.74. The summed E-state index contributed by atoms with van der Waals surface area (Å²) in [5.41, 5.74) is 0. The molecule has 0 heterocycles. The monoisotopic (exact) mass is 173 g/mol. The summed E-state index contributed by atoms with van der Waals surface area (Å²) < 4.78 is 9.83. The minimum absolute atomic E-state index is 0.180. The molecule has 1 amide bonds. The lowest BCUT2D eigenvalue weighted by Gasteiger charge is -2.12. The van der Waals surface area contributed by atoms with Crippen LogP contribution in [0, 0.1) is 0 Å². The van der Waals surface area contributed by atoms with Crippen LogP contribution in [0.3, 0.4) is 0 Å². The molecule has 0 aliphatic carbocycles. The van der Waals surface area contributed by atoms with E-state index in [0.717, 1.165) is 0 Å². The van der Waals surface area contributed by atoms with Crippen LogP contribution >= 0.6 is 0 Å². The third-order valence-electron chi connectivity index (χ3n) is 1.39. The van der Waals surface area contributed by atoms with E-state index in [0.29, 0.717) is 13.0 Å². The number of carbonyl (C=O) groups excluding carboxylic acids is 1. The van der Waals surface area contributed by atoms with Gasteiger partial charge in [0.15, 0.2) is 6.29 Å².